The topological polar surface area (TPSA) is 65.0 Å². The second-order valence-electron chi connectivity index (χ2n) is 7.37. The quantitative estimate of drug-likeness (QED) is 0.776. The predicted octanol–water partition coefficient (Wildman–Crippen LogP) is 1.48. The van der Waals surface area contributed by atoms with Crippen molar-refractivity contribution in [3.05, 3.63) is 36.7 Å². The normalized spacial score (nSPS) is 17.4. The van der Waals surface area contributed by atoms with E-state index in [9.17, 15) is 4.79 Å². The summed E-state index contributed by atoms with van der Waals surface area (Å²) in [6, 6.07) is 10.2. The van der Waals surface area contributed by atoms with Crippen molar-refractivity contribution in [1.29, 1.82) is 0 Å². The smallest absolute Gasteiger partial charge is 0.219 e. The zero-order valence-corrected chi connectivity index (χ0v) is 17.1. The summed E-state index contributed by atoms with van der Waals surface area (Å²) in [6.45, 7) is 8.34. The van der Waals surface area contributed by atoms with Crippen LogP contribution in [-0.2, 0) is 4.79 Å². The van der Waals surface area contributed by atoms with Crippen LogP contribution in [0.15, 0.2) is 36.7 Å². The molecule has 1 aromatic heterocycles. The maximum atomic E-state index is 11.5. The van der Waals surface area contributed by atoms with Gasteiger partial charge in [-0.3, -0.25) is 4.79 Å². The van der Waals surface area contributed by atoms with Gasteiger partial charge in [-0.2, -0.15) is 0 Å². The van der Waals surface area contributed by atoms with Crippen molar-refractivity contribution in [2.45, 2.75) is 6.92 Å². The lowest BCUT2D eigenvalue weighted by atomic mass is 10.2. The first-order valence-corrected chi connectivity index (χ1v) is 10.1. The second-order valence-corrected chi connectivity index (χ2v) is 7.37. The molecule has 0 bridgehead atoms. The molecule has 0 atom stereocenters. The Morgan fingerprint density at radius 1 is 0.862 bits per heavy atom. The molecule has 3 heterocycles. The number of para-hydroxylation sites is 2. The van der Waals surface area contributed by atoms with Crippen LogP contribution in [0.3, 0.4) is 0 Å². The van der Waals surface area contributed by atoms with Gasteiger partial charge in [-0.15, -0.1) is 0 Å². The molecule has 2 aliphatic heterocycles. The lowest BCUT2D eigenvalue weighted by molar-refractivity contribution is -0.129. The van der Waals surface area contributed by atoms with Gasteiger partial charge >= 0.3 is 0 Å². The first-order valence-electron chi connectivity index (χ1n) is 10.1. The van der Waals surface area contributed by atoms with E-state index in [1.807, 2.05) is 23.1 Å². The molecule has 2 saturated heterocycles. The van der Waals surface area contributed by atoms with E-state index in [1.165, 1.54) is 0 Å². The average molecular weight is 396 g/mol. The van der Waals surface area contributed by atoms with Crippen molar-refractivity contribution < 1.29 is 9.53 Å². The van der Waals surface area contributed by atoms with E-state index in [-0.39, 0.29) is 5.91 Å². The lowest BCUT2D eigenvalue weighted by Crippen LogP contribution is -2.48. The number of anilines is 3. The van der Waals surface area contributed by atoms with Gasteiger partial charge in [0.05, 0.1) is 12.8 Å². The van der Waals surface area contributed by atoms with Crippen LogP contribution in [0.4, 0.5) is 17.3 Å². The zero-order chi connectivity index (χ0) is 20.2. The van der Waals surface area contributed by atoms with Crippen LogP contribution in [0.5, 0.6) is 5.75 Å². The van der Waals surface area contributed by atoms with Crippen LogP contribution >= 0.6 is 0 Å². The van der Waals surface area contributed by atoms with E-state index >= 15 is 0 Å². The van der Waals surface area contributed by atoms with E-state index in [0.717, 1.165) is 75.4 Å². The molecule has 0 saturated carbocycles. The molecule has 1 aromatic carbocycles. The van der Waals surface area contributed by atoms with Crippen molar-refractivity contribution in [3.8, 4) is 5.75 Å². The van der Waals surface area contributed by atoms with Crippen LogP contribution in [-0.4, -0.2) is 80.2 Å². The molecule has 2 aliphatic rings. The molecular formula is C21H28N6O2. The summed E-state index contributed by atoms with van der Waals surface area (Å²) in [6.07, 6.45) is 1.65. The van der Waals surface area contributed by atoms with Gasteiger partial charge in [0.15, 0.2) is 0 Å². The molecule has 1 amide bonds. The van der Waals surface area contributed by atoms with Gasteiger partial charge in [-0.05, 0) is 12.1 Å². The van der Waals surface area contributed by atoms with Crippen molar-refractivity contribution in [1.82, 2.24) is 14.9 Å². The third-order valence-electron chi connectivity index (χ3n) is 5.72. The zero-order valence-electron chi connectivity index (χ0n) is 17.1. The summed E-state index contributed by atoms with van der Waals surface area (Å²) >= 11 is 0. The summed E-state index contributed by atoms with van der Waals surface area (Å²) in [7, 11) is 1.72. The average Bonchev–Trinajstić information content (AvgIpc) is 2.79. The Morgan fingerprint density at radius 2 is 1.41 bits per heavy atom. The maximum Gasteiger partial charge on any atom is 0.219 e. The number of ether oxygens (including phenoxy) is 1. The standard InChI is InChI=1S/C21H28N6O2/c1-17(28)24-7-11-26(12-8-24)20-15-21(23-16-22-20)27-13-9-25(10-14-27)18-5-3-4-6-19(18)29-2/h3-6,15-16H,7-14H2,1-2H3. The summed E-state index contributed by atoms with van der Waals surface area (Å²) < 4.78 is 5.51. The highest BCUT2D eigenvalue weighted by atomic mass is 16.5. The number of rotatable bonds is 4. The predicted molar refractivity (Wildman–Crippen MR) is 114 cm³/mol. The van der Waals surface area contributed by atoms with Gasteiger partial charge in [-0.25, -0.2) is 9.97 Å². The number of amides is 1. The largest absolute Gasteiger partial charge is 0.495 e. The molecule has 0 spiro atoms. The molecule has 154 valence electrons. The SMILES string of the molecule is COc1ccccc1N1CCN(c2cc(N3CCN(C(C)=O)CC3)ncn2)CC1. The molecule has 4 rings (SSSR count). The van der Waals surface area contributed by atoms with E-state index < -0.39 is 0 Å². The molecule has 0 unspecified atom stereocenters. The number of carbonyl (C=O) groups excluding carboxylic acids is 1. The molecule has 2 fully saturated rings. The number of piperazine rings is 2. The van der Waals surface area contributed by atoms with Crippen LogP contribution in [0, 0.1) is 0 Å². The molecule has 0 radical (unpaired) electrons. The van der Waals surface area contributed by atoms with Gasteiger partial charge in [-0.1, -0.05) is 12.1 Å². The van der Waals surface area contributed by atoms with Crippen molar-refractivity contribution in [3.63, 3.8) is 0 Å². The van der Waals surface area contributed by atoms with E-state index in [4.69, 9.17) is 4.74 Å². The molecule has 8 nitrogen and oxygen atoms in total. The van der Waals surface area contributed by atoms with Crippen LogP contribution in [0.1, 0.15) is 6.92 Å². The Kier molecular flexibility index (Phi) is 5.69. The summed E-state index contributed by atoms with van der Waals surface area (Å²) in [5.74, 6) is 2.95. The van der Waals surface area contributed by atoms with Crippen molar-refractivity contribution >= 4 is 23.2 Å². The molecule has 8 heteroatoms. The number of methoxy groups -OCH3 is 1. The Labute approximate surface area is 171 Å². The van der Waals surface area contributed by atoms with E-state index in [2.05, 4.69) is 36.8 Å². The monoisotopic (exact) mass is 396 g/mol. The van der Waals surface area contributed by atoms with Crippen LogP contribution in [0.2, 0.25) is 0 Å². The first kappa shape index (κ1) is 19.3. The van der Waals surface area contributed by atoms with Crippen molar-refractivity contribution in [2.24, 2.45) is 0 Å². The Balaban J connectivity index is 1.39. The van der Waals surface area contributed by atoms with E-state index in [1.54, 1.807) is 20.4 Å². The van der Waals surface area contributed by atoms with Gasteiger partial charge in [0.2, 0.25) is 5.91 Å². The fourth-order valence-corrected chi connectivity index (χ4v) is 4.00. The number of nitrogens with zero attached hydrogens (tertiary/aromatic N) is 6. The molecule has 0 N–H and O–H groups in total. The minimum Gasteiger partial charge on any atom is -0.495 e. The molecule has 29 heavy (non-hydrogen) atoms. The second kappa shape index (κ2) is 8.55. The third-order valence-corrected chi connectivity index (χ3v) is 5.72. The molecule has 2 aromatic rings. The number of carbonyl (C=O) groups is 1. The number of hydrogen-bond donors (Lipinski definition) is 0. The van der Waals surface area contributed by atoms with Gasteiger partial charge in [0.1, 0.15) is 23.7 Å². The van der Waals surface area contributed by atoms with Gasteiger partial charge in [0.25, 0.3) is 0 Å². The highest BCUT2D eigenvalue weighted by Gasteiger charge is 2.23. The molecule has 0 aliphatic carbocycles. The Hall–Kier alpha value is -3.03. The van der Waals surface area contributed by atoms with Gasteiger partial charge in [0, 0.05) is 65.3 Å². The highest BCUT2D eigenvalue weighted by molar-refractivity contribution is 5.73. The fourth-order valence-electron chi connectivity index (χ4n) is 4.00. The summed E-state index contributed by atoms with van der Waals surface area (Å²) in [4.78, 5) is 29.3. The highest BCUT2D eigenvalue weighted by Crippen LogP contribution is 2.29. The Bertz CT molecular complexity index is 845. The van der Waals surface area contributed by atoms with Crippen LogP contribution in [0.25, 0.3) is 0 Å². The third kappa shape index (κ3) is 4.21. The number of benzene rings is 1. The lowest BCUT2D eigenvalue weighted by Gasteiger charge is -2.38. The first-order chi connectivity index (χ1) is 14.2. The maximum absolute atomic E-state index is 11.5. The number of aromatic nitrogens is 2. The van der Waals surface area contributed by atoms with Gasteiger partial charge < -0.3 is 24.3 Å². The fraction of sp³-hybridized carbons (Fsp3) is 0.476. The summed E-state index contributed by atoms with van der Waals surface area (Å²) in [5, 5.41) is 0. The Morgan fingerprint density at radius 3 is 2.00 bits per heavy atom. The minimum atomic E-state index is 0.140. The summed E-state index contributed by atoms with van der Waals surface area (Å²) in [5.41, 5.74) is 1.14. The number of hydrogen-bond acceptors (Lipinski definition) is 7. The van der Waals surface area contributed by atoms with Crippen molar-refractivity contribution in [2.75, 3.05) is 74.2 Å². The molecular weight excluding hydrogens is 368 g/mol. The van der Waals surface area contributed by atoms with Crippen LogP contribution < -0.4 is 19.4 Å². The minimum absolute atomic E-state index is 0.140. The van der Waals surface area contributed by atoms with E-state index in [0.29, 0.717) is 0 Å².